The molecule has 0 aliphatic carbocycles. The zero-order valence-electron chi connectivity index (χ0n) is 18.4. The van der Waals surface area contributed by atoms with Gasteiger partial charge in [0.25, 0.3) is 0 Å². The SMILES string of the molecule is COc1ccc(C(=O)Oc2ccc3oc(-c4oc(=O)c(C)c(OC(C)=O)c4C)cc3c2)cc1. The van der Waals surface area contributed by atoms with Crippen molar-refractivity contribution in [3.05, 3.63) is 75.6 Å². The molecule has 4 aromatic rings. The van der Waals surface area contributed by atoms with E-state index in [1.807, 2.05) is 0 Å². The number of benzene rings is 2. The number of fused-ring (bicyclic) bond motifs is 1. The predicted molar refractivity (Wildman–Crippen MR) is 119 cm³/mol. The second-order valence-corrected chi connectivity index (χ2v) is 7.32. The molecule has 0 unspecified atom stereocenters. The molecule has 2 aromatic heterocycles. The largest absolute Gasteiger partial charge is 0.497 e. The van der Waals surface area contributed by atoms with Crippen LogP contribution >= 0.6 is 0 Å². The van der Waals surface area contributed by atoms with Gasteiger partial charge in [0.15, 0.2) is 11.5 Å². The minimum Gasteiger partial charge on any atom is -0.497 e. The lowest BCUT2D eigenvalue weighted by atomic mass is 10.1. The summed E-state index contributed by atoms with van der Waals surface area (Å²) >= 11 is 0. The summed E-state index contributed by atoms with van der Waals surface area (Å²) in [6, 6.07) is 13.1. The molecule has 33 heavy (non-hydrogen) atoms. The summed E-state index contributed by atoms with van der Waals surface area (Å²) in [6.45, 7) is 4.44. The van der Waals surface area contributed by atoms with Gasteiger partial charge in [-0.05, 0) is 62.4 Å². The van der Waals surface area contributed by atoms with Crippen LogP contribution < -0.4 is 19.8 Å². The highest BCUT2D eigenvalue weighted by atomic mass is 16.5. The predicted octanol–water partition coefficient (Wildman–Crippen LogP) is 4.82. The van der Waals surface area contributed by atoms with Crippen molar-refractivity contribution >= 4 is 22.9 Å². The minimum atomic E-state index is -0.638. The lowest BCUT2D eigenvalue weighted by molar-refractivity contribution is -0.132. The van der Waals surface area contributed by atoms with Crippen molar-refractivity contribution in [2.75, 3.05) is 7.11 Å². The van der Waals surface area contributed by atoms with Gasteiger partial charge in [-0.25, -0.2) is 9.59 Å². The maximum atomic E-state index is 12.4. The normalized spacial score (nSPS) is 10.8. The molecule has 0 saturated heterocycles. The van der Waals surface area contributed by atoms with Crippen LogP contribution in [-0.2, 0) is 4.79 Å². The molecule has 0 radical (unpaired) electrons. The van der Waals surface area contributed by atoms with Crippen molar-refractivity contribution in [1.29, 1.82) is 0 Å². The number of methoxy groups -OCH3 is 1. The van der Waals surface area contributed by atoms with Crippen LogP contribution in [0.5, 0.6) is 17.2 Å². The summed E-state index contributed by atoms with van der Waals surface area (Å²) in [4.78, 5) is 36.2. The Kier molecular flexibility index (Phi) is 5.74. The van der Waals surface area contributed by atoms with Gasteiger partial charge in [0.1, 0.15) is 22.8 Å². The van der Waals surface area contributed by atoms with Gasteiger partial charge in [0.2, 0.25) is 0 Å². The van der Waals surface area contributed by atoms with E-state index in [1.54, 1.807) is 62.6 Å². The molecule has 8 nitrogen and oxygen atoms in total. The molecule has 168 valence electrons. The highest BCUT2D eigenvalue weighted by Gasteiger charge is 2.21. The molecular formula is C25H20O8. The van der Waals surface area contributed by atoms with Gasteiger partial charge in [-0.3, -0.25) is 4.79 Å². The Morgan fingerprint density at radius 1 is 0.848 bits per heavy atom. The summed E-state index contributed by atoms with van der Waals surface area (Å²) in [5.41, 5.74) is 0.869. The Bertz CT molecular complexity index is 1420. The highest BCUT2D eigenvalue weighted by Crippen LogP contribution is 2.35. The number of hydrogen-bond acceptors (Lipinski definition) is 8. The van der Waals surface area contributed by atoms with Crippen molar-refractivity contribution in [1.82, 2.24) is 0 Å². The number of ether oxygens (including phenoxy) is 3. The van der Waals surface area contributed by atoms with Crippen LogP contribution in [0.3, 0.4) is 0 Å². The van der Waals surface area contributed by atoms with Crippen molar-refractivity contribution in [3.8, 4) is 28.8 Å². The van der Waals surface area contributed by atoms with E-state index in [4.69, 9.17) is 23.0 Å². The molecule has 0 atom stereocenters. The van der Waals surface area contributed by atoms with Gasteiger partial charge in [-0.1, -0.05) is 0 Å². The first-order chi connectivity index (χ1) is 15.8. The van der Waals surface area contributed by atoms with Crippen LogP contribution in [0.25, 0.3) is 22.5 Å². The van der Waals surface area contributed by atoms with E-state index >= 15 is 0 Å². The van der Waals surface area contributed by atoms with Crippen molar-refractivity contribution < 1.29 is 32.6 Å². The average Bonchev–Trinajstić information content (AvgIpc) is 3.22. The average molecular weight is 448 g/mol. The molecule has 0 bridgehead atoms. The molecule has 4 rings (SSSR count). The third-order valence-electron chi connectivity index (χ3n) is 5.02. The number of esters is 2. The topological polar surface area (TPSA) is 105 Å². The van der Waals surface area contributed by atoms with Crippen LogP contribution in [0.15, 0.2) is 62.2 Å². The fourth-order valence-electron chi connectivity index (χ4n) is 3.34. The Balaban J connectivity index is 1.66. The van der Waals surface area contributed by atoms with Crippen LogP contribution in [0, 0.1) is 13.8 Å². The summed E-state index contributed by atoms with van der Waals surface area (Å²) in [7, 11) is 1.54. The zero-order chi connectivity index (χ0) is 23.7. The molecule has 0 amide bonds. The van der Waals surface area contributed by atoms with Gasteiger partial charge in [0.05, 0.1) is 18.2 Å². The molecule has 0 aliphatic heterocycles. The van der Waals surface area contributed by atoms with E-state index in [0.29, 0.717) is 33.6 Å². The fourth-order valence-corrected chi connectivity index (χ4v) is 3.34. The van der Waals surface area contributed by atoms with E-state index in [0.717, 1.165) is 0 Å². The molecule has 8 heteroatoms. The molecule has 2 aromatic carbocycles. The van der Waals surface area contributed by atoms with Crippen molar-refractivity contribution in [3.63, 3.8) is 0 Å². The lowest BCUT2D eigenvalue weighted by Crippen LogP contribution is -2.12. The third kappa shape index (κ3) is 4.36. The summed E-state index contributed by atoms with van der Waals surface area (Å²) in [6.07, 6.45) is 0. The summed E-state index contributed by atoms with van der Waals surface area (Å²) in [5.74, 6) is 0.440. The Labute approximate surface area is 188 Å². The van der Waals surface area contributed by atoms with Crippen LogP contribution in [0.2, 0.25) is 0 Å². The number of carbonyl (C=O) groups is 2. The fraction of sp³-hybridized carbons (Fsp3) is 0.160. The first kappa shape index (κ1) is 21.9. The third-order valence-corrected chi connectivity index (χ3v) is 5.02. The van der Waals surface area contributed by atoms with Gasteiger partial charge >= 0.3 is 17.6 Å². The molecule has 0 saturated carbocycles. The maximum Gasteiger partial charge on any atom is 0.343 e. The van der Waals surface area contributed by atoms with E-state index in [-0.39, 0.29) is 22.8 Å². The lowest BCUT2D eigenvalue weighted by Gasteiger charge is -2.10. The van der Waals surface area contributed by atoms with Gasteiger partial charge < -0.3 is 23.0 Å². The minimum absolute atomic E-state index is 0.142. The molecule has 0 spiro atoms. The number of furan rings is 1. The van der Waals surface area contributed by atoms with E-state index in [1.165, 1.54) is 13.8 Å². The Morgan fingerprint density at radius 3 is 2.21 bits per heavy atom. The van der Waals surface area contributed by atoms with E-state index < -0.39 is 17.6 Å². The van der Waals surface area contributed by atoms with Crippen LogP contribution in [0.4, 0.5) is 0 Å². The van der Waals surface area contributed by atoms with Crippen molar-refractivity contribution in [2.45, 2.75) is 20.8 Å². The second kappa shape index (κ2) is 8.66. The number of rotatable bonds is 5. The first-order valence-electron chi connectivity index (χ1n) is 9.99. The van der Waals surface area contributed by atoms with E-state index in [9.17, 15) is 14.4 Å². The molecule has 0 aliphatic rings. The Morgan fingerprint density at radius 2 is 1.55 bits per heavy atom. The second-order valence-electron chi connectivity index (χ2n) is 7.32. The van der Waals surface area contributed by atoms with Gasteiger partial charge in [0, 0.05) is 17.9 Å². The molecular weight excluding hydrogens is 428 g/mol. The Hall–Kier alpha value is -4.33. The van der Waals surface area contributed by atoms with Crippen molar-refractivity contribution in [2.24, 2.45) is 0 Å². The number of hydrogen-bond donors (Lipinski definition) is 0. The quantitative estimate of drug-likeness (QED) is 0.316. The monoisotopic (exact) mass is 448 g/mol. The summed E-state index contributed by atoms with van der Waals surface area (Å²) < 4.78 is 27.0. The zero-order valence-corrected chi connectivity index (χ0v) is 18.4. The smallest absolute Gasteiger partial charge is 0.343 e. The first-order valence-corrected chi connectivity index (χ1v) is 9.99. The van der Waals surface area contributed by atoms with Crippen LogP contribution in [-0.4, -0.2) is 19.0 Å². The highest BCUT2D eigenvalue weighted by molar-refractivity contribution is 5.92. The molecule has 2 heterocycles. The maximum absolute atomic E-state index is 12.4. The van der Waals surface area contributed by atoms with Gasteiger partial charge in [-0.2, -0.15) is 0 Å². The van der Waals surface area contributed by atoms with E-state index in [2.05, 4.69) is 0 Å². The summed E-state index contributed by atoms with van der Waals surface area (Å²) in [5, 5.41) is 0.627. The molecule has 0 N–H and O–H groups in total. The van der Waals surface area contributed by atoms with Crippen LogP contribution in [0.1, 0.15) is 28.4 Å². The standard InChI is InChI=1S/C25H20O8/c1-13-22(30-15(3)26)14(2)24(27)33-23(13)21-12-17-11-19(9-10-20(17)32-21)31-25(28)16-5-7-18(29-4)8-6-16/h5-12H,1-4H3. The molecule has 0 fully saturated rings. The number of carbonyl (C=O) groups excluding carboxylic acids is 2. The van der Waals surface area contributed by atoms with Gasteiger partial charge in [-0.15, -0.1) is 0 Å².